The zero-order valence-corrected chi connectivity index (χ0v) is 17.7. The summed E-state index contributed by atoms with van der Waals surface area (Å²) in [6.07, 6.45) is -7.10. The number of hydrogen-bond donors (Lipinski definition) is 2. The van der Waals surface area contributed by atoms with Gasteiger partial charge in [0.05, 0.1) is 28.3 Å². The van der Waals surface area contributed by atoms with Crippen LogP contribution in [-0.4, -0.2) is 15.1 Å². The summed E-state index contributed by atoms with van der Waals surface area (Å²) in [5, 5.41) is 10.0. The van der Waals surface area contributed by atoms with E-state index in [1.54, 1.807) is 18.2 Å². The number of rotatable bonds is 4. The minimum Gasteiger partial charge on any atom is -0.389 e. The molecule has 0 amide bonds. The van der Waals surface area contributed by atoms with Crippen LogP contribution in [0.3, 0.4) is 0 Å². The van der Waals surface area contributed by atoms with Gasteiger partial charge in [0, 0.05) is 0 Å². The Bertz CT molecular complexity index is 1350. The molecular formula is C25H18F6N2O. The van der Waals surface area contributed by atoms with E-state index in [2.05, 4.69) is 9.97 Å². The Labute approximate surface area is 190 Å². The molecule has 0 saturated heterocycles. The Morgan fingerprint density at radius 2 is 1.53 bits per heavy atom. The van der Waals surface area contributed by atoms with Crippen LogP contribution in [0.25, 0.3) is 34.3 Å². The average Bonchev–Trinajstić information content (AvgIpc) is 3.18. The fraction of sp³-hybridized carbons (Fsp3) is 0.160. The SMILES string of the molecule is CC(O)c1ccccc1-c1cc2nc(C=Cc3ccc(C(F)(F)F)cc3)[nH]c2cc1C(F)(F)F. The van der Waals surface area contributed by atoms with Gasteiger partial charge in [-0.05, 0) is 59.5 Å². The van der Waals surface area contributed by atoms with Crippen LogP contribution in [0.1, 0.15) is 41.1 Å². The van der Waals surface area contributed by atoms with Crippen molar-refractivity contribution in [1.82, 2.24) is 9.97 Å². The molecule has 4 rings (SSSR count). The molecule has 0 aliphatic heterocycles. The standard InChI is InChI=1S/C25H18F6N2O/c1-14(34)17-4-2-3-5-18(17)19-12-21-22(13-20(19)25(29,30)31)33-23(32-21)11-8-15-6-9-16(10-7-15)24(26,27)28/h2-14,34H,1H3,(H,32,33). The summed E-state index contributed by atoms with van der Waals surface area (Å²) in [6, 6.07) is 13.0. The van der Waals surface area contributed by atoms with E-state index in [4.69, 9.17) is 0 Å². The molecule has 1 heterocycles. The molecule has 3 aromatic carbocycles. The first-order chi connectivity index (χ1) is 15.9. The predicted octanol–water partition coefficient (Wildman–Crippen LogP) is 7.49. The van der Waals surface area contributed by atoms with Crippen LogP contribution in [0.5, 0.6) is 0 Å². The van der Waals surface area contributed by atoms with E-state index < -0.39 is 29.6 Å². The Morgan fingerprint density at radius 1 is 0.853 bits per heavy atom. The number of nitrogens with zero attached hydrogens (tertiary/aromatic N) is 1. The molecule has 1 aromatic heterocycles. The number of fused-ring (bicyclic) bond motifs is 1. The fourth-order valence-corrected chi connectivity index (χ4v) is 3.68. The summed E-state index contributed by atoms with van der Waals surface area (Å²) in [4.78, 5) is 7.12. The summed E-state index contributed by atoms with van der Waals surface area (Å²) in [5.41, 5.74) is -0.277. The molecule has 34 heavy (non-hydrogen) atoms. The van der Waals surface area contributed by atoms with Crippen LogP contribution < -0.4 is 0 Å². The lowest BCUT2D eigenvalue weighted by atomic mass is 9.92. The summed E-state index contributed by atoms with van der Waals surface area (Å²) >= 11 is 0. The van der Waals surface area contributed by atoms with Crippen molar-refractivity contribution in [2.45, 2.75) is 25.4 Å². The van der Waals surface area contributed by atoms with Crippen molar-refractivity contribution >= 4 is 23.2 Å². The third-order valence-electron chi connectivity index (χ3n) is 5.32. The van der Waals surface area contributed by atoms with Gasteiger partial charge in [0.1, 0.15) is 5.82 Å². The quantitative estimate of drug-likeness (QED) is 0.300. The number of H-pyrrole nitrogens is 1. The second kappa shape index (κ2) is 8.64. The maximum absolute atomic E-state index is 13.9. The molecule has 176 valence electrons. The van der Waals surface area contributed by atoms with E-state index in [-0.39, 0.29) is 28.0 Å². The Balaban J connectivity index is 1.75. The molecular weight excluding hydrogens is 458 g/mol. The number of hydrogen-bond acceptors (Lipinski definition) is 2. The predicted molar refractivity (Wildman–Crippen MR) is 118 cm³/mol. The number of alkyl halides is 6. The molecule has 2 N–H and O–H groups in total. The molecule has 0 saturated carbocycles. The molecule has 0 aliphatic rings. The molecule has 4 aromatic rings. The Hall–Kier alpha value is -3.59. The van der Waals surface area contributed by atoms with E-state index in [1.165, 1.54) is 43.3 Å². The van der Waals surface area contributed by atoms with Gasteiger partial charge < -0.3 is 10.1 Å². The molecule has 0 fully saturated rings. The molecule has 0 aliphatic carbocycles. The summed E-state index contributed by atoms with van der Waals surface area (Å²) < 4.78 is 79.8. The first kappa shape index (κ1) is 23.6. The molecule has 0 spiro atoms. The van der Waals surface area contributed by atoms with Gasteiger partial charge in [-0.25, -0.2) is 4.98 Å². The van der Waals surface area contributed by atoms with E-state index in [0.29, 0.717) is 11.1 Å². The maximum Gasteiger partial charge on any atom is 0.417 e. The van der Waals surface area contributed by atoms with Gasteiger partial charge in [0.15, 0.2) is 0 Å². The first-order valence-electron chi connectivity index (χ1n) is 10.2. The van der Waals surface area contributed by atoms with Crippen molar-refractivity contribution in [2.24, 2.45) is 0 Å². The van der Waals surface area contributed by atoms with Crippen LogP contribution in [0, 0.1) is 0 Å². The fourth-order valence-electron chi connectivity index (χ4n) is 3.68. The lowest BCUT2D eigenvalue weighted by Gasteiger charge is -2.17. The number of benzene rings is 3. The smallest absolute Gasteiger partial charge is 0.389 e. The van der Waals surface area contributed by atoms with Crippen molar-refractivity contribution < 1.29 is 31.4 Å². The van der Waals surface area contributed by atoms with Gasteiger partial charge in [-0.2, -0.15) is 26.3 Å². The number of aliphatic hydroxyl groups is 1. The summed E-state index contributed by atoms with van der Waals surface area (Å²) in [5.74, 6) is 0.240. The lowest BCUT2D eigenvalue weighted by molar-refractivity contribution is -0.138. The van der Waals surface area contributed by atoms with Crippen molar-refractivity contribution in [1.29, 1.82) is 0 Å². The minimum atomic E-state index is -4.66. The van der Waals surface area contributed by atoms with Gasteiger partial charge in [-0.15, -0.1) is 0 Å². The first-order valence-corrected chi connectivity index (χ1v) is 10.2. The number of aliphatic hydroxyl groups excluding tert-OH is 1. The van der Waals surface area contributed by atoms with Crippen LogP contribution in [-0.2, 0) is 12.4 Å². The monoisotopic (exact) mass is 476 g/mol. The van der Waals surface area contributed by atoms with Crippen molar-refractivity contribution in [2.75, 3.05) is 0 Å². The van der Waals surface area contributed by atoms with Gasteiger partial charge in [0.2, 0.25) is 0 Å². The van der Waals surface area contributed by atoms with Crippen LogP contribution in [0.2, 0.25) is 0 Å². The van der Waals surface area contributed by atoms with Gasteiger partial charge >= 0.3 is 12.4 Å². The second-order valence-corrected chi connectivity index (χ2v) is 7.75. The summed E-state index contributed by atoms with van der Waals surface area (Å²) in [7, 11) is 0. The number of aromatic amines is 1. The normalized spacial score (nSPS) is 13.6. The molecule has 3 nitrogen and oxygen atoms in total. The number of imidazole rings is 1. The van der Waals surface area contributed by atoms with Crippen molar-refractivity contribution in [3.8, 4) is 11.1 Å². The second-order valence-electron chi connectivity index (χ2n) is 7.75. The van der Waals surface area contributed by atoms with E-state index in [9.17, 15) is 31.4 Å². The third-order valence-corrected chi connectivity index (χ3v) is 5.32. The summed E-state index contributed by atoms with van der Waals surface area (Å²) in [6.45, 7) is 1.48. The highest BCUT2D eigenvalue weighted by Gasteiger charge is 2.35. The number of nitrogens with one attached hydrogen (secondary N) is 1. The van der Waals surface area contributed by atoms with Crippen molar-refractivity contribution in [3.63, 3.8) is 0 Å². The maximum atomic E-state index is 13.9. The number of aromatic nitrogens is 2. The zero-order valence-electron chi connectivity index (χ0n) is 17.7. The van der Waals surface area contributed by atoms with Crippen LogP contribution in [0.15, 0.2) is 60.7 Å². The molecule has 9 heteroatoms. The minimum absolute atomic E-state index is 0.110. The Kier molecular flexibility index (Phi) is 5.99. The van der Waals surface area contributed by atoms with Crippen LogP contribution >= 0.6 is 0 Å². The highest BCUT2D eigenvalue weighted by Crippen LogP contribution is 2.41. The number of halogens is 6. The average molecular weight is 476 g/mol. The topological polar surface area (TPSA) is 48.9 Å². The largest absolute Gasteiger partial charge is 0.417 e. The zero-order chi connectivity index (χ0) is 24.7. The van der Waals surface area contributed by atoms with E-state index in [1.807, 2.05) is 0 Å². The van der Waals surface area contributed by atoms with Gasteiger partial charge in [0.25, 0.3) is 0 Å². The van der Waals surface area contributed by atoms with E-state index >= 15 is 0 Å². The molecule has 1 atom stereocenters. The van der Waals surface area contributed by atoms with Gasteiger partial charge in [-0.1, -0.05) is 42.5 Å². The van der Waals surface area contributed by atoms with E-state index in [0.717, 1.165) is 18.2 Å². The molecule has 0 bridgehead atoms. The van der Waals surface area contributed by atoms with Gasteiger partial charge in [-0.3, -0.25) is 0 Å². The van der Waals surface area contributed by atoms with Crippen molar-refractivity contribution in [3.05, 3.63) is 88.7 Å². The third kappa shape index (κ3) is 4.84. The van der Waals surface area contributed by atoms with Crippen LogP contribution in [0.4, 0.5) is 26.3 Å². The molecule has 0 radical (unpaired) electrons. The Morgan fingerprint density at radius 3 is 2.15 bits per heavy atom. The highest BCUT2D eigenvalue weighted by molar-refractivity contribution is 5.87. The molecule has 1 unspecified atom stereocenters. The lowest BCUT2D eigenvalue weighted by Crippen LogP contribution is -2.08. The highest BCUT2D eigenvalue weighted by atomic mass is 19.4.